The first-order valence-electron chi connectivity index (χ1n) is 10.6. The van der Waals surface area contributed by atoms with Crippen LogP contribution >= 0.6 is 0 Å². The summed E-state index contributed by atoms with van der Waals surface area (Å²) in [6.07, 6.45) is 5.97. The van der Waals surface area contributed by atoms with E-state index in [4.69, 9.17) is 0 Å². The van der Waals surface area contributed by atoms with E-state index < -0.39 is 0 Å². The maximum atomic E-state index is 12.3. The highest BCUT2D eigenvalue weighted by Crippen LogP contribution is 2.19. The molecule has 0 unspecified atom stereocenters. The first-order valence-corrected chi connectivity index (χ1v) is 10.6. The number of hydrogen-bond donors (Lipinski definition) is 4. The average Bonchev–Trinajstić information content (AvgIpc) is 3.39. The zero-order valence-electron chi connectivity index (χ0n) is 17.9. The van der Waals surface area contributed by atoms with Crippen LogP contribution in [0.3, 0.4) is 0 Å². The smallest absolute Gasteiger partial charge is 0.319 e. The van der Waals surface area contributed by atoms with Gasteiger partial charge < -0.3 is 16.0 Å². The summed E-state index contributed by atoms with van der Waals surface area (Å²) >= 11 is 0. The van der Waals surface area contributed by atoms with E-state index in [0.29, 0.717) is 30.8 Å². The summed E-state index contributed by atoms with van der Waals surface area (Å²) in [5.74, 6) is -0.137. The number of H-pyrrole nitrogens is 1. The van der Waals surface area contributed by atoms with Gasteiger partial charge in [-0.25, -0.2) is 4.79 Å². The second-order valence-corrected chi connectivity index (χ2v) is 7.40. The molecule has 2 heterocycles. The van der Waals surface area contributed by atoms with Crippen LogP contribution in [-0.4, -0.2) is 33.7 Å². The van der Waals surface area contributed by atoms with Crippen LogP contribution in [-0.2, 0) is 13.0 Å². The summed E-state index contributed by atoms with van der Waals surface area (Å²) in [7, 11) is 0. The van der Waals surface area contributed by atoms with Gasteiger partial charge in [0.15, 0.2) is 0 Å². The van der Waals surface area contributed by atoms with Crippen LogP contribution in [0.5, 0.6) is 0 Å². The fourth-order valence-electron chi connectivity index (χ4n) is 3.24. The van der Waals surface area contributed by atoms with Gasteiger partial charge in [-0.3, -0.25) is 14.9 Å². The number of rotatable bonds is 8. The van der Waals surface area contributed by atoms with Gasteiger partial charge in [0, 0.05) is 54.4 Å². The number of urea groups is 1. The lowest BCUT2D eigenvalue weighted by molar-refractivity contribution is 0.0954. The highest BCUT2D eigenvalue weighted by molar-refractivity contribution is 5.94. The maximum Gasteiger partial charge on any atom is 0.319 e. The molecule has 4 aromatic rings. The third-order valence-electron chi connectivity index (χ3n) is 5.04. The molecule has 0 bridgehead atoms. The highest BCUT2D eigenvalue weighted by Gasteiger charge is 2.07. The van der Waals surface area contributed by atoms with Crippen molar-refractivity contribution in [3.63, 3.8) is 0 Å². The number of aromatic nitrogens is 3. The van der Waals surface area contributed by atoms with Crippen LogP contribution in [0.15, 0.2) is 85.3 Å². The van der Waals surface area contributed by atoms with Gasteiger partial charge in [-0.1, -0.05) is 30.3 Å². The Hall–Kier alpha value is -4.46. The summed E-state index contributed by atoms with van der Waals surface area (Å²) in [4.78, 5) is 28.7. The van der Waals surface area contributed by atoms with Crippen LogP contribution in [0.1, 0.15) is 21.6 Å². The third-order valence-corrected chi connectivity index (χ3v) is 5.04. The number of carbonyl (C=O) groups is 2. The molecule has 166 valence electrons. The molecule has 2 aromatic heterocycles. The minimum absolute atomic E-state index is 0.137. The zero-order valence-corrected chi connectivity index (χ0v) is 17.9. The zero-order chi connectivity index (χ0) is 22.9. The van der Waals surface area contributed by atoms with Crippen LogP contribution < -0.4 is 16.0 Å². The van der Waals surface area contributed by atoms with Crippen LogP contribution in [0.25, 0.3) is 11.1 Å². The number of hydrogen-bond acceptors (Lipinski definition) is 4. The summed E-state index contributed by atoms with van der Waals surface area (Å²) in [6, 6.07) is 20.1. The molecule has 0 saturated heterocycles. The molecule has 2 aromatic carbocycles. The molecule has 33 heavy (non-hydrogen) atoms. The van der Waals surface area contributed by atoms with Gasteiger partial charge in [-0.2, -0.15) is 5.10 Å². The number of nitrogens with one attached hydrogen (secondary N) is 4. The number of nitrogens with zero attached hydrogens (tertiary/aromatic N) is 2. The number of benzene rings is 2. The fraction of sp³-hybridized carbons (Fsp3) is 0.120. The lowest BCUT2D eigenvalue weighted by Gasteiger charge is -2.09. The molecule has 3 amide bonds. The quantitative estimate of drug-likeness (QED) is 0.334. The first kappa shape index (κ1) is 21.8. The lowest BCUT2D eigenvalue weighted by atomic mass is 10.1. The summed E-state index contributed by atoms with van der Waals surface area (Å²) < 4.78 is 0. The van der Waals surface area contributed by atoms with Crippen molar-refractivity contribution in [3.8, 4) is 11.1 Å². The van der Waals surface area contributed by atoms with E-state index >= 15 is 0 Å². The van der Waals surface area contributed by atoms with Gasteiger partial charge in [0.2, 0.25) is 0 Å². The Bertz CT molecular complexity index is 1170. The van der Waals surface area contributed by atoms with E-state index in [-0.39, 0.29) is 11.9 Å². The molecule has 4 rings (SSSR count). The number of pyridine rings is 1. The lowest BCUT2D eigenvalue weighted by Crippen LogP contribution is -2.28. The van der Waals surface area contributed by atoms with E-state index in [1.54, 1.807) is 24.5 Å². The van der Waals surface area contributed by atoms with Crippen LogP contribution in [0.4, 0.5) is 10.5 Å². The summed E-state index contributed by atoms with van der Waals surface area (Å²) in [5, 5.41) is 15.2. The topological polar surface area (TPSA) is 112 Å². The van der Waals surface area contributed by atoms with Gasteiger partial charge in [-0.05, 0) is 47.5 Å². The monoisotopic (exact) mass is 440 g/mol. The Morgan fingerprint density at radius 2 is 1.70 bits per heavy atom. The fourth-order valence-corrected chi connectivity index (χ4v) is 3.24. The van der Waals surface area contributed by atoms with Crippen molar-refractivity contribution in [3.05, 3.63) is 102 Å². The predicted octanol–water partition coefficient (Wildman–Crippen LogP) is 3.77. The number of aromatic amines is 1. The average molecular weight is 441 g/mol. The molecule has 0 spiro atoms. The molecule has 0 aliphatic rings. The second kappa shape index (κ2) is 10.7. The van der Waals surface area contributed by atoms with Crippen molar-refractivity contribution >= 4 is 17.6 Å². The molecule has 0 saturated carbocycles. The molecular weight excluding hydrogens is 416 g/mol. The first-order chi connectivity index (χ1) is 16.2. The van der Waals surface area contributed by atoms with Gasteiger partial charge in [0.1, 0.15) is 0 Å². The van der Waals surface area contributed by atoms with E-state index in [9.17, 15) is 9.59 Å². The molecule has 0 radical (unpaired) electrons. The van der Waals surface area contributed by atoms with Gasteiger partial charge in [0.05, 0.1) is 6.20 Å². The Morgan fingerprint density at radius 3 is 2.39 bits per heavy atom. The standard InChI is InChI=1S/C25H24N6O2/c32-24(27-14-12-22-3-1-2-13-26-22)20-6-4-18(5-7-20)15-28-25(33)31-23-10-8-19(9-11-23)21-16-29-30-17-21/h1-11,13,16-17H,12,14-15H2,(H,27,32)(H,29,30)(H2,28,31,33). The highest BCUT2D eigenvalue weighted by atomic mass is 16.2. The predicted molar refractivity (Wildman–Crippen MR) is 127 cm³/mol. The molecule has 0 aliphatic heterocycles. The van der Waals surface area contributed by atoms with Gasteiger partial charge in [-0.15, -0.1) is 0 Å². The minimum atomic E-state index is -0.303. The number of anilines is 1. The van der Waals surface area contributed by atoms with Crippen molar-refractivity contribution in [2.75, 3.05) is 11.9 Å². The van der Waals surface area contributed by atoms with Gasteiger partial charge in [0.25, 0.3) is 5.91 Å². The van der Waals surface area contributed by atoms with Crippen molar-refractivity contribution in [2.24, 2.45) is 0 Å². The Kier molecular flexibility index (Phi) is 7.07. The largest absolute Gasteiger partial charge is 0.352 e. The Balaban J connectivity index is 1.21. The second-order valence-electron chi connectivity index (χ2n) is 7.40. The molecule has 4 N–H and O–H groups in total. The Labute approximate surface area is 191 Å². The van der Waals surface area contributed by atoms with E-state index in [0.717, 1.165) is 22.4 Å². The van der Waals surface area contributed by atoms with E-state index in [1.165, 1.54) is 0 Å². The van der Waals surface area contributed by atoms with Crippen molar-refractivity contribution in [1.29, 1.82) is 0 Å². The van der Waals surface area contributed by atoms with Crippen LogP contribution in [0, 0.1) is 0 Å². The molecule has 8 heteroatoms. The SMILES string of the molecule is O=C(NCc1ccc(C(=O)NCCc2ccccn2)cc1)Nc1ccc(-c2cn[nH]c2)cc1. The van der Waals surface area contributed by atoms with Crippen molar-refractivity contribution in [1.82, 2.24) is 25.8 Å². The normalized spacial score (nSPS) is 10.4. The summed E-state index contributed by atoms with van der Waals surface area (Å²) in [6.45, 7) is 0.864. The summed E-state index contributed by atoms with van der Waals surface area (Å²) in [5.41, 5.74) is 5.09. The molecule has 8 nitrogen and oxygen atoms in total. The van der Waals surface area contributed by atoms with E-state index in [2.05, 4.69) is 31.1 Å². The molecule has 0 atom stereocenters. The van der Waals surface area contributed by atoms with Crippen LogP contribution in [0.2, 0.25) is 0 Å². The molecule has 0 fully saturated rings. The minimum Gasteiger partial charge on any atom is -0.352 e. The molecular formula is C25H24N6O2. The van der Waals surface area contributed by atoms with Crippen molar-refractivity contribution in [2.45, 2.75) is 13.0 Å². The number of carbonyl (C=O) groups excluding carboxylic acids is 2. The van der Waals surface area contributed by atoms with Crippen molar-refractivity contribution < 1.29 is 9.59 Å². The Morgan fingerprint density at radius 1 is 0.879 bits per heavy atom. The maximum absolute atomic E-state index is 12.3. The van der Waals surface area contributed by atoms with Gasteiger partial charge >= 0.3 is 6.03 Å². The number of amides is 3. The third kappa shape index (κ3) is 6.27. The molecule has 0 aliphatic carbocycles. The van der Waals surface area contributed by atoms with E-state index in [1.807, 2.05) is 60.8 Å².